The Hall–Kier alpha value is -0.0500. The topological polar surface area (TPSA) is 12.0 Å². The summed E-state index contributed by atoms with van der Waals surface area (Å²) in [4.78, 5) is 0. The largest absolute Gasteiger partial charge is 0.310 e. The molecule has 1 aromatic rings. The highest BCUT2D eigenvalue weighted by Gasteiger charge is 2.18. The van der Waals surface area contributed by atoms with E-state index in [0.717, 1.165) is 27.9 Å². The molecule has 20 heavy (non-hydrogen) atoms. The summed E-state index contributed by atoms with van der Waals surface area (Å²) in [5.74, 6) is 1.87. The Balaban J connectivity index is 1.76. The van der Waals surface area contributed by atoms with Crippen molar-refractivity contribution in [2.24, 2.45) is 11.8 Å². The van der Waals surface area contributed by atoms with Gasteiger partial charge in [0.15, 0.2) is 0 Å². The fourth-order valence-electron chi connectivity index (χ4n) is 3.08. The van der Waals surface area contributed by atoms with E-state index < -0.39 is 0 Å². The van der Waals surface area contributed by atoms with E-state index in [-0.39, 0.29) is 0 Å². The third-order valence-corrected chi connectivity index (χ3v) is 5.39. The van der Waals surface area contributed by atoms with Crippen molar-refractivity contribution in [3.63, 3.8) is 0 Å². The van der Waals surface area contributed by atoms with Gasteiger partial charge in [0, 0.05) is 15.5 Å². The first-order chi connectivity index (χ1) is 9.56. The van der Waals surface area contributed by atoms with E-state index in [2.05, 4.69) is 47.2 Å². The lowest BCUT2D eigenvalue weighted by Gasteiger charge is -2.26. The predicted molar refractivity (Wildman–Crippen MR) is 91.3 cm³/mol. The van der Waals surface area contributed by atoms with Gasteiger partial charge in [-0.2, -0.15) is 0 Å². The van der Waals surface area contributed by atoms with E-state index in [1.54, 1.807) is 0 Å². The van der Waals surface area contributed by atoms with E-state index in [0.29, 0.717) is 6.04 Å². The van der Waals surface area contributed by atoms with Gasteiger partial charge in [-0.1, -0.05) is 66.2 Å². The van der Waals surface area contributed by atoms with Crippen molar-refractivity contribution in [2.75, 3.05) is 6.54 Å². The predicted octanol–water partition coefficient (Wildman–Crippen LogP) is 5.97. The van der Waals surface area contributed by atoms with Crippen LogP contribution < -0.4 is 5.32 Å². The molecule has 1 aromatic carbocycles. The first-order valence-corrected chi connectivity index (χ1v) is 8.91. The Bertz CT molecular complexity index is 427. The van der Waals surface area contributed by atoms with Crippen LogP contribution in [0, 0.1) is 11.8 Å². The SMILES string of the molecule is CC1CCC(CCNC(C)c2ccc(Br)cc2Cl)CC1. The fraction of sp³-hybridized carbons (Fsp3) is 0.647. The highest BCUT2D eigenvalue weighted by atomic mass is 79.9. The van der Waals surface area contributed by atoms with Gasteiger partial charge in [0.25, 0.3) is 0 Å². The molecule has 2 rings (SSSR count). The summed E-state index contributed by atoms with van der Waals surface area (Å²) in [6, 6.07) is 6.45. The third kappa shape index (κ3) is 4.75. The minimum absolute atomic E-state index is 0.318. The van der Waals surface area contributed by atoms with Gasteiger partial charge < -0.3 is 5.32 Å². The molecular formula is C17H25BrClN. The summed E-state index contributed by atoms with van der Waals surface area (Å²) in [7, 11) is 0. The lowest BCUT2D eigenvalue weighted by molar-refractivity contribution is 0.273. The number of hydrogen-bond donors (Lipinski definition) is 1. The molecule has 1 atom stereocenters. The van der Waals surface area contributed by atoms with Gasteiger partial charge in [-0.25, -0.2) is 0 Å². The zero-order valence-electron chi connectivity index (χ0n) is 12.5. The maximum atomic E-state index is 6.30. The minimum Gasteiger partial charge on any atom is -0.310 e. The average Bonchev–Trinajstić information content (AvgIpc) is 2.41. The van der Waals surface area contributed by atoms with Gasteiger partial charge in [0.1, 0.15) is 0 Å². The van der Waals surface area contributed by atoms with Gasteiger partial charge in [-0.3, -0.25) is 0 Å². The van der Waals surface area contributed by atoms with Gasteiger partial charge in [0.2, 0.25) is 0 Å². The second-order valence-corrected chi connectivity index (χ2v) is 7.58. The summed E-state index contributed by atoms with van der Waals surface area (Å²) in [6.07, 6.45) is 6.95. The molecule has 1 fully saturated rings. The number of nitrogens with one attached hydrogen (secondary N) is 1. The molecule has 112 valence electrons. The van der Waals surface area contributed by atoms with E-state index in [9.17, 15) is 0 Å². The maximum absolute atomic E-state index is 6.30. The van der Waals surface area contributed by atoms with Gasteiger partial charge in [-0.15, -0.1) is 0 Å². The zero-order valence-corrected chi connectivity index (χ0v) is 14.8. The lowest BCUT2D eigenvalue weighted by atomic mass is 9.81. The van der Waals surface area contributed by atoms with Crippen LogP contribution in [0.2, 0.25) is 5.02 Å². The number of benzene rings is 1. The highest BCUT2D eigenvalue weighted by Crippen LogP contribution is 2.30. The van der Waals surface area contributed by atoms with Gasteiger partial charge in [-0.05, 0) is 49.4 Å². The molecule has 0 spiro atoms. The Labute approximate surface area is 136 Å². The van der Waals surface area contributed by atoms with Gasteiger partial charge in [0.05, 0.1) is 0 Å². The summed E-state index contributed by atoms with van der Waals surface area (Å²) < 4.78 is 1.04. The zero-order chi connectivity index (χ0) is 14.5. The molecule has 0 saturated heterocycles. The average molecular weight is 359 g/mol. The van der Waals surface area contributed by atoms with Crippen LogP contribution >= 0.6 is 27.5 Å². The van der Waals surface area contributed by atoms with Crippen molar-refractivity contribution in [1.82, 2.24) is 5.32 Å². The quantitative estimate of drug-likeness (QED) is 0.683. The molecule has 1 unspecified atom stereocenters. The molecular weight excluding hydrogens is 334 g/mol. The second-order valence-electron chi connectivity index (χ2n) is 6.26. The van der Waals surface area contributed by atoms with E-state index >= 15 is 0 Å². The first-order valence-electron chi connectivity index (χ1n) is 7.74. The number of rotatable bonds is 5. The summed E-state index contributed by atoms with van der Waals surface area (Å²) in [6.45, 7) is 5.66. The van der Waals surface area contributed by atoms with Crippen molar-refractivity contribution in [3.05, 3.63) is 33.3 Å². The van der Waals surface area contributed by atoms with Crippen LogP contribution in [0.15, 0.2) is 22.7 Å². The van der Waals surface area contributed by atoms with Crippen molar-refractivity contribution in [3.8, 4) is 0 Å². The fourth-order valence-corrected chi connectivity index (χ4v) is 3.92. The summed E-state index contributed by atoms with van der Waals surface area (Å²) >= 11 is 9.75. The van der Waals surface area contributed by atoms with Crippen LogP contribution in [0.1, 0.15) is 57.6 Å². The van der Waals surface area contributed by atoms with Gasteiger partial charge >= 0.3 is 0 Å². The highest BCUT2D eigenvalue weighted by molar-refractivity contribution is 9.10. The lowest BCUT2D eigenvalue weighted by Crippen LogP contribution is -2.23. The molecule has 1 N–H and O–H groups in total. The van der Waals surface area contributed by atoms with Crippen LogP contribution in [0.5, 0.6) is 0 Å². The van der Waals surface area contributed by atoms with Crippen molar-refractivity contribution >= 4 is 27.5 Å². The molecule has 0 heterocycles. The molecule has 1 nitrogen and oxygen atoms in total. The van der Waals surface area contributed by atoms with Crippen LogP contribution in [0.4, 0.5) is 0 Å². The molecule has 1 aliphatic carbocycles. The standard InChI is InChI=1S/C17H25BrClN/c1-12-3-5-14(6-4-12)9-10-20-13(2)16-8-7-15(18)11-17(16)19/h7-8,11-14,20H,3-6,9-10H2,1-2H3. The maximum Gasteiger partial charge on any atom is 0.0464 e. The Morgan fingerprint density at radius 2 is 2.00 bits per heavy atom. The van der Waals surface area contributed by atoms with Crippen molar-refractivity contribution < 1.29 is 0 Å². The van der Waals surface area contributed by atoms with Crippen LogP contribution in [0.3, 0.4) is 0 Å². The Kier molecular flexibility index (Phi) is 6.38. The smallest absolute Gasteiger partial charge is 0.0464 e. The monoisotopic (exact) mass is 357 g/mol. The molecule has 0 amide bonds. The summed E-state index contributed by atoms with van der Waals surface area (Å²) in [5.41, 5.74) is 1.19. The van der Waals surface area contributed by atoms with E-state index in [4.69, 9.17) is 11.6 Å². The van der Waals surface area contributed by atoms with Crippen LogP contribution in [0.25, 0.3) is 0 Å². The molecule has 3 heteroatoms. The molecule has 0 bridgehead atoms. The molecule has 0 aliphatic heterocycles. The molecule has 0 radical (unpaired) electrons. The number of halogens is 2. The molecule has 0 aromatic heterocycles. The molecule has 1 saturated carbocycles. The van der Waals surface area contributed by atoms with E-state index in [1.807, 2.05) is 6.07 Å². The summed E-state index contributed by atoms with van der Waals surface area (Å²) in [5, 5.41) is 4.46. The third-order valence-electron chi connectivity index (χ3n) is 4.57. The Morgan fingerprint density at radius 1 is 1.30 bits per heavy atom. The van der Waals surface area contributed by atoms with E-state index in [1.165, 1.54) is 37.7 Å². The van der Waals surface area contributed by atoms with Crippen molar-refractivity contribution in [1.29, 1.82) is 0 Å². The number of hydrogen-bond acceptors (Lipinski definition) is 1. The Morgan fingerprint density at radius 3 is 2.65 bits per heavy atom. The van der Waals surface area contributed by atoms with Crippen LogP contribution in [-0.2, 0) is 0 Å². The normalized spacial score (nSPS) is 24.6. The van der Waals surface area contributed by atoms with Crippen molar-refractivity contribution in [2.45, 2.75) is 52.0 Å². The second kappa shape index (κ2) is 7.82. The molecule has 1 aliphatic rings. The van der Waals surface area contributed by atoms with Crippen LogP contribution in [-0.4, -0.2) is 6.54 Å². The first kappa shape index (κ1) is 16.3. The minimum atomic E-state index is 0.318.